The van der Waals surface area contributed by atoms with Gasteiger partial charge in [-0.3, -0.25) is 19.2 Å². The van der Waals surface area contributed by atoms with Crippen molar-refractivity contribution in [2.24, 2.45) is 11.5 Å². The number of nitrogens with two attached hydrogens (primary N) is 2. The molecule has 0 aliphatic rings. The molecule has 0 radical (unpaired) electrons. The molecule has 47 heavy (non-hydrogen) atoms. The van der Waals surface area contributed by atoms with Gasteiger partial charge in [-0.05, 0) is 47.5 Å². The van der Waals surface area contributed by atoms with Crippen LogP contribution in [0.1, 0.15) is 17.5 Å². The van der Waals surface area contributed by atoms with Gasteiger partial charge in [-0.2, -0.15) is 25.3 Å². The Kier molecular flexibility index (Phi) is 16.2. The van der Waals surface area contributed by atoms with Gasteiger partial charge < -0.3 is 41.0 Å². The van der Waals surface area contributed by atoms with Crippen molar-refractivity contribution >= 4 is 72.7 Å². The number of ketones is 2. The van der Waals surface area contributed by atoms with Gasteiger partial charge in [0.15, 0.2) is 34.6 Å². The van der Waals surface area contributed by atoms with Crippen LogP contribution < -0.4 is 41.0 Å². The predicted molar refractivity (Wildman–Crippen MR) is 180 cm³/mol. The molecule has 0 aliphatic carbocycles. The van der Waals surface area contributed by atoms with Gasteiger partial charge in [0.2, 0.25) is 11.8 Å². The maximum absolute atomic E-state index is 12.4. The zero-order chi connectivity index (χ0) is 34.9. The molecule has 6 N–H and O–H groups in total. The monoisotopic (exact) mass is 688 g/mol. The molecule has 0 heterocycles. The van der Waals surface area contributed by atoms with E-state index in [0.717, 1.165) is 0 Å². The lowest BCUT2D eigenvalue weighted by molar-refractivity contribution is -0.136. The number of carbonyl (C=O) groups is 6. The van der Waals surface area contributed by atoms with Crippen LogP contribution in [0.3, 0.4) is 0 Å². The van der Waals surface area contributed by atoms with Crippen LogP contribution in [0.25, 0.3) is 12.2 Å². The molecule has 0 saturated carbocycles. The highest BCUT2D eigenvalue weighted by Gasteiger charge is 2.17. The largest absolute Gasteiger partial charge is 0.493 e. The van der Waals surface area contributed by atoms with Crippen LogP contribution in [0.4, 0.5) is 0 Å². The third-order valence-corrected chi connectivity index (χ3v) is 6.76. The van der Waals surface area contributed by atoms with Crippen LogP contribution in [0.5, 0.6) is 23.0 Å². The topological polar surface area (TPSA) is 215 Å². The van der Waals surface area contributed by atoms with E-state index in [1.807, 2.05) is 0 Å². The Morgan fingerprint density at radius 3 is 1.40 bits per heavy atom. The number of amides is 2. The summed E-state index contributed by atoms with van der Waals surface area (Å²) in [6.45, 7) is -0.821. The highest BCUT2D eigenvalue weighted by atomic mass is 32.1. The van der Waals surface area contributed by atoms with Crippen LogP contribution in [-0.2, 0) is 28.8 Å². The van der Waals surface area contributed by atoms with E-state index in [1.165, 1.54) is 62.8 Å². The second-order valence-electron chi connectivity index (χ2n) is 9.56. The van der Waals surface area contributed by atoms with E-state index in [0.29, 0.717) is 11.1 Å². The molecule has 0 fully saturated rings. The van der Waals surface area contributed by atoms with E-state index in [9.17, 15) is 28.8 Å². The van der Waals surface area contributed by atoms with Crippen molar-refractivity contribution in [2.45, 2.75) is 18.5 Å². The van der Waals surface area contributed by atoms with Crippen molar-refractivity contribution in [3.05, 3.63) is 59.7 Å². The lowest BCUT2D eigenvalue weighted by Crippen LogP contribution is -2.44. The van der Waals surface area contributed by atoms with Crippen molar-refractivity contribution in [1.82, 2.24) is 10.6 Å². The first-order valence-electron chi connectivity index (χ1n) is 13.9. The molecule has 0 aromatic heterocycles. The number of hydrogen-bond donors (Lipinski definition) is 6. The number of carbonyl (C=O) groups excluding carboxylic acids is 6. The van der Waals surface area contributed by atoms with Crippen LogP contribution >= 0.6 is 25.3 Å². The fourth-order valence-electron chi connectivity index (χ4n) is 3.48. The minimum absolute atomic E-state index is 0.0930. The molecule has 0 bridgehead atoms. The molecule has 14 nitrogen and oxygen atoms in total. The van der Waals surface area contributed by atoms with E-state index in [1.54, 1.807) is 12.1 Å². The van der Waals surface area contributed by atoms with Gasteiger partial charge in [0.05, 0.1) is 32.7 Å². The molecule has 2 rings (SSSR count). The summed E-state index contributed by atoms with van der Waals surface area (Å²) in [5, 5.41) is 4.69. The molecule has 0 unspecified atom stereocenters. The lowest BCUT2D eigenvalue weighted by Gasteiger charge is -2.12. The van der Waals surface area contributed by atoms with Gasteiger partial charge in [0.1, 0.15) is 13.1 Å². The summed E-state index contributed by atoms with van der Waals surface area (Å²) in [6, 6.07) is 7.36. The van der Waals surface area contributed by atoms with Crippen LogP contribution in [0.15, 0.2) is 48.6 Å². The molecule has 252 valence electrons. The van der Waals surface area contributed by atoms with Crippen molar-refractivity contribution < 1.29 is 47.7 Å². The minimum atomic E-state index is -0.860. The number of rotatable bonds is 18. The van der Waals surface area contributed by atoms with Gasteiger partial charge in [-0.15, -0.1) is 0 Å². The maximum Gasteiger partial charge on any atom is 0.330 e. The van der Waals surface area contributed by atoms with Crippen molar-refractivity contribution in [1.29, 1.82) is 0 Å². The number of allylic oxidation sites excluding steroid dienone is 2. The Hall–Kier alpha value is -4.64. The predicted octanol–water partition coefficient (Wildman–Crippen LogP) is 0.516. The Morgan fingerprint density at radius 1 is 0.681 bits per heavy atom. The van der Waals surface area contributed by atoms with Crippen molar-refractivity contribution in [2.75, 3.05) is 38.8 Å². The van der Waals surface area contributed by atoms with E-state index >= 15 is 0 Å². The zero-order valence-electron chi connectivity index (χ0n) is 25.6. The van der Waals surface area contributed by atoms with Gasteiger partial charge in [0.25, 0.3) is 0 Å². The summed E-state index contributed by atoms with van der Waals surface area (Å²) in [7, 11) is 2.73. The molecule has 0 spiro atoms. The quantitative estimate of drug-likeness (QED) is 0.0416. The molecule has 0 aliphatic heterocycles. The summed E-state index contributed by atoms with van der Waals surface area (Å²) in [4.78, 5) is 72.4. The fourth-order valence-corrected chi connectivity index (χ4v) is 3.81. The van der Waals surface area contributed by atoms with Crippen molar-refractivity contribution in [3.8, 4) is 23.0 Å². The summed E-state index contributed by atoms with van der Waals surface area (Å²) in [6.07, 6.45) is 4.99. The third kappa shape index (κ3) is 13.3. The van der Waals surface area contributed by atoms with Crippen LogP contribution in [-0.4, -0.2) is 86.2 Å². The highest BCUT2D eigenvalue weighted by molar-refractivity contribution is 7.80. The smallest absolute Gasteiger partial charge is 0.330 e. The SMILES string of the molecule is COc1cc(/C=C/C(=O)CC(=O)/C=C/c2ccc(OC(=O)CNC(=O)[C@@H](N)CS)c(OC)c2)ccc1OC(=O)CNC(=O)[C@H](N)CS. The highest BCUT2D eigenvalue weighted by Crippen LogP contribution is 2.29. The Morgan fingerprint density at radius 2 is 1.06 bits per heavy atom. The van der Waals surface area contributed by atoms with Gasteiger partial charge >= 0.3 is 11.9 Å². The van der Waals surface area contributed by atoms with E-state index in [4.69, 9.17) is 30.4 Å². The average molecular weight is 689 g/mol. The molecule has 2 atom stereocenters. The van der Waals surface area contributed by atoms with E-state index in [2.05, 4.69) is 35.9 Å². The summed E-state index contributed by atoms with van der Waals surface area (Å²) in [5.74, 6) is -2.72. The molecular weight excluding hydrogens is 652 g/mol. The first-order valence-corrected chi connectivity index (χ1v) is 15.1. The second kappa shape index (κ2) is 19.8. The zero-order valence-corrected chi connectivity index (χ0v) is 27.4. The maximum atomic E-state index is 12.4. The summed E-state index contributed by atoms with van der Waals surface area (Å²) in [5.41, 5.74) is 12.1. The van der Waals surface area contributed by atoms with Crippen LogP contribution in [0, 0.1) is 0 Å². The number of ether oxygens (including phenoxy) is 4. The number of benzene rings is 2. The minimum Gasteiger partial charge on any atom is -0.493 e. The molecule has 0 saturated heterocycles. The first kappa shape index (κ1) is 38.5. The number of methoxy groups -OCH3 is 2. The standard InChI is InChI=1S/C31H36N4O10S2/c1-42-26-11-18(5-9-24(26)44-28(38)14-34-30(40)22(32)16-46)3-7-20(36)13-21(37)8-4-19-6-10-25(27(12-19)43-2)45-29(39)15-35-31(41)23(33)17-47/h3-12,22-23,46-47H,13-17,32-33H2,1-2H3,(H,34,40)(H,35,41)/b7-3+,8-4+/t22-,23+. The Bertz CT molecular complexity index is 1420. The van der Waals surface area contributed by atoms with E-state index < -0.39 is 66.9 Å². The van der Waals surface area contributed by atoms with Gasteiger partial charge in [-0.1, -0.05) is 24.3 Å². The lowest BCUT2D eigenvalue weighted by atomic mass is 10.1. The van der Waals surface area contributed by atoms with Crippen molar-refractivity contribution in [3.63, 3.8) is 0 Å². The molecule has 2 aromatic rings. The van der Waals surface area contributed by atoms with E-state index in [-0.39, 0.29) is 34.5 Å². The summed E-state index contributed by atoms with van der Waals surface area (Å²) >= 11 is 7.85. The molecular formula is C31H36N4O10S2. The van der Waals surface area contributed by atoms with Gasteiger partial charge in [0, 0.05) is 11.5 Å². The molecule has 2 amide bonds. The fraction of sp³-hybridized carbons (Fsp3) is 0.290. The third-order valence-electron chi connectivity index (χ3n) is 5.98. The van der Waals surface area contributed by atoms with Gasteiger partial charge in [-0.25, -0.2) is 9.59 Å². The number of esters is 2. The number of thiol groups is 2. The van der Waals surface area contributed by atoms with Crippen LogP contribution in [0.2, 0.25) is 0 Å². The number of nitrogens with one attached hydrogen (secondary N) is 2. The average Bonchev–Trinajstić information content (AvgIpc) is 3.07. The summed E-state index contributed by atoms with van der Waals surface area (Å²) < 4.78 is 21.0. The first-order chi connectivity index (χ1) is 22.4. The normalized spacial score (nSPS) is 12.2. The Labute approximate surface area is 282 Å². The molecule has 2 aromatic carbocycles. The Balaban J connectivity index is 1.93. The number of hydrogen-bond acceptors (Lipinski definition) is 14. The second-order valence-corrected chi connectivity index (χ2v) is 10.3. The molecule has 16 heteroatoms.